The van der Waals surface area contributed by atoms with E-state index in [0.29, 0.717) is 5.75 Å². The number of sulfonamides is 1. The number of aliphatic hydroxyl groups is 1. The van der Waals surface area contributed by atoms with Crippen LogP contribution in [0.5, 0.6) is 5.75 Å². The third-order valence-electron chi connectivity index (χ3n) is 3.77. The highest BCUT2D eigenvalue weighted by Gasteiger charge is 2.24. The van der Waals surface area contributed by atoms with Crippen LogP contribution in [0, 0.1) is 11.6 Å². The Morgan fingerprint density at radius 2 is 1.81 bits per heavy atom. The van der Waals surface area contributed by atoms with Crippen molar-refractivity contribution in [3.8, 4) is 5.75 Å². The highest BCUT2D eigenvalue weighted by molar-refractivity contribution is 7.88. The van der Waals surface area contributed by atoms with Crippen molar-refractivity contribution in [2.24, 2.45) is 0 Å². The minimum absolute atomic E-state index is 0.202. The first-order valence-electron chi connectivity index (χ1n) is 7.87. The molecule has 0 fully saturated rings. The van der Waals surface area contributed by atoms with Gasteiger partial charge in [0.1, 0.15) is 17.4 Å². The molecule has 142 valence electrons. The molecule has 8 heteroatoms. The van der Waals surface area contributed by atoms with E-state index in [2.05, 4.69) is 4.72 Å². The lowest BCUT2D eigenvalue weighted by Crippen LogP contribution is -2.42. The normalized spacial score (nSPS) is 14.0. The van der Waals surface area contributed by atoms with Crippen LogP contribution < -0.4 is 9.46 Å². The van der Waals surface area contributed by atoms with Gasteiger partial charge >= 0.3 is 0 Å². The predicted molar refractivity (Wildman–Crippen MR) is 94.3 cm³/mol. The van der Waals surface area contributed by atoms with E-state index in [9.17, 15) is 22.3 Å². The number of methoxy groups -OCH3 is 1. The Hall–Kier alpha value is -2.03. The van der Waals surface area contributed by atoms with Gasteiger partial charge in [-0.25, -0.2) is 21.9 Å². The van der Waals surface area contributed by atoms with Crippen molar-refractivity contribution >= 4 is 10.0 Å². The van der Waals surface area contributed by atoms with Crippen LogP contribution in [-0.2, 0) is 22.2 Å². The third-order valence-corrected chi connectivity index (χ3v) is 5.05. The van der Waals surface area contributed by atoms with Crippen LogP contribution in [-0.4, -0.2) is 32.8 Å². The topological polar surface area (TPSA) is 75.6 Å². The van der Waals surface area contributed by atoms with Crippen molar-refractivity contribution in [2.45, 2.75) is 24.7 Å². The second-order valence-electron chi connectivity index (χ2n) is 6.34. The lowest BCUT2D eigenvalue weighted by Gasteiger charge is -2.24. The largest absolute Gasteiger partial charge is 0.497 e. The number of hydrogen-bond donors (Lipinski definition) is 2. The molecule has 5 nitrogen and oxygen atoms in total. The summed E-state index contributed by atoms with van der Waals surface area (Å²) in [5, 5.41) is 10.4. The summed E-state index contributed by atoms with van der Waals surface area (Å²) in [4.78, 5) is 0. The molecule has 0 aliphatic heterocycles. The van der Waals surface area contributed by atoms with Crippen LogP contribution in [0.2, 0.25) is 0 Å². The standard InChI is InChI=1S/C18H21F2NO4S/c1-18(22,10-13-3-6-16(25-2)7-4-13)12-21-26(23,24)11-14-9-15(19)5-8-17(14)20/h3-9,21-22H,10-12H2,1-2H3/t18-/m0/s1. The first kappa shape index (κ1) is 20.3. The number of hydrogen-bond acceptors (Lipinski definition) is 4. The minimum atomic E-state index is -3.95. The summed E-state index contributed by atoms with van der Waals surface area (Å²) < 4.78 is 58.3. The second kappa shape index (κ2) is 8.11. The maximum atomic E-state index is 13.6. The summed E-state index contributed by atoms with van der Waals surface area (Å²) in [5.74, 6) is -1.56. The fourth-order valence-electron chi connectivity index (χ4n) is 2.42. The van der Waals surface area contributed by atoms with Gasteiger partial charge in [-0.15, -0.1) is 0 Å². The molecule has 0 heterocycles. The van der Waals surface area contributed by atoms with Crippen LogP contribution in [0.15, 0.2) is 42.5 Å². The number of nitrogens with one attached hydrogen (secondary N) is 1. The first-order valence-corrected chi connectivity index (χ1v) is 9.52. The minimum Gasteiger partial charge on any atom is -0.497 e. The van der Waals surface area contributed by atoms with Gasteiger partial charge in [0.15, 0.2) is 0 Å². The Morgan fingerprint density at radius 3 is 2.42 bits per heavy atom. The zero-order valence-corrected chi connectivity index (χ0v) is 15.3. The maximum Gasteiger partial charge on any atom is 0.215 e. The van der Waals surface area contributed by atoms with Gasteiger partial charge in [-0.05, 0) is 42.8 Å². The van der Waals surface area contributed by atoms with Gasteiger partial charge in [0.25, 0.3) is 0 Å². The van der Waals surface area contributed by atoms with E-state index in [4.69, 9.17) is 4.74 Å². The lowest BCUT2D eigenvalue weighted by molar-refractivity contribution is 0.0657. The average molecular weight is 385 g/mol. The maximum absolute atomic E-state index is 13.6. The van der Waals surface area contributed by atoms with Gasteiger partial charge in [-0.3, -0.25) is 0 Å². The molecule has 0 bridgehead atoms. The molecule has 0 radical (unpaired) electrons. The summed E-state index contributed by atoms with van der Waals surface area (Å²) in [6, 6.07) is 9.64. The fourth-order valence-corrected chi connectivity index (χ4v) is 3.68. The number of halogens is 2. The van der Waals surface area contributed by atoms with Crippen molar-refractivity contribution in [1.82, 2.24) is 4.72 Å². The summed E-state index contributed by atoms with van der Waals surface area (Å²) >= 11 is 0. The Balaban J connectivity index is 1.99. The molecule has 26 heavy (non-hydrogen) atoms. The SMILES string of the molecule is COc1ccc(C[C@](C)(O)CNS(=O)(=O)Cc2cc(F)ccc2F)cc1. The van der Waals surface area contributed by atoms with E-state index >= 15 is 0 Å². The quantitative estimate of drug-likeness (QED) is 0.732. The predicted octanol–water partition coefficient (Wildman–Crippen LogP) is 2.39. The number of rotatable bonds is 8. The Morgan fingerprint density at radius 1 is 1.15 bits per heavy atom. The summed E-state index contributed by atoms with van der Waals surface area (Å²) in [7, 11) is -2.40. The van der Waals surface area contributed by atoms with Gasteiger partial charge in [-0.1, -0.05) is 12.1 Å². The molecule has 1 atom stereocenters. The molecule has 0 amide bonds. The number of ether oxygens (including phenoxy) is 1. The monoisotopic (exact) mass is 385 g/mol. The summed E-state index contributed by atoms with van der Waals surface area (Å²) in [6.45, 7) is 1.22. The smallest absolute Gasteiger partial charge is 0.215 e. The van der Waals surface area contributed by atoms with Crippen molar-refractivity contribution in [2.75, 3.05) is 13.7 Å². The number of benzene rings is 2. The molecule has 0 aromatic heterocycles. The molecule has 0 saturated heterocycles. The van der Waals surface area contributed by atoms with Crippen molar-refractivity contribution in [3.63, 3.8) is 0 Å². The van der Waals surface area contributed by atoms with Gasteiger partial charge in [-0.2, -0.15) is 0 Å². The Kier molecular flexibility index (Phi) is 6.33. The van der Waals surface area contributed by atoms with Crippen molar-refractivity contribution in [3.05, 3.63) is 65.2 Å². The molecule has 0 saturated carbocycles. The molecule has 0 aliphatic carbocycles. The molecular weight excluding hydrogens is 364 g/mol. The molecule has 0 spiro atoms. The van der Waals surface area contributed by atoms with Crippen molar-refractivity contribution < 1.29 is 27.0 Å². The van der Waals surface area contributed by atoms with E-state index in [-0.39, 0.29) is 18.5 Å². The van der Waals surface area contributed by atoms with Gasteiger partial charge in [0.05, 0.1) is 18.5 Å². The van der Waals surface area contributed by atoms with Crippen LogP contribution in [0.4, 0.5) is 8.78 Å². The van der Waals surface area contributed by atoms with E-state index in [1.165, 1.54) is 6.92 Å². The highest BCUT2D eigenvalue weighted by atomic mass is 32.2. The van der Waals surface area contributed by atoms with E-state index in [0.717, 1.165) is 23.8 Å². The Bertz CT molecular complexity index is 852. The molecule has 2 aromatic carbocycles. The van der Waals surface area contributed by atoms with E-state index in [1.807, 2.05) is 0 Å². The van der Waals surface area contributed by atoms with Crippen LogP contribution in [0.3, 0.4) is 0 Å². The third kappa shape index (κ3) is 6.05. The van der Waals surface area contributed by atoms with Gasteiger partial charge in [0.2, 0.25) is 10.0 Å². The van der Waals surface area contributed by atoms with Crippen LogP contribution in [0.1, 0.15) is 18.1 Å². The molecule has 2 rings (SSSR count). The lowest BCUT2D eigenvalue weighted by atomic mass is 9.97. The first-order chi connectivity index (χ1) is 12.1. The van der Waals surface area contributed by atoms with E-state index in [1.54, 1.807) is 31.4 Å². The molecule has 2 N–H and O–H groups in total. The molecule has 0 unspecified atom stereocenters. The molecule has 2 aromatic rings. The Labute approximate surface area is 151 Å². The van der Waals surface area contributed by atoms with Gasteiger partial charge < -0.3 is 9.84 Å². The molecular formula is C18H21F2NO4S. The average Bonchev–Trinajstić information content (AvgIpc) is 2.57. The van der Waals surface area contributed by atoms with Crippen LogP contribution in [0.25, 0.3) is 0 Å². The zero-order valence-electron chi connectivity index (χ0n) is 14.5. The fraction of sp³-hybridized carbons (Fsp3) is 0.333. The molecule has 0 aliphatic rings. The van der Waals surface area contributed by atoms with Crippen molar-refractivity contribution in [1.29, 1.82) is 0 Å². The van der Waals surface area contributed by atoms with E-state index < -0.39 is 33.0 Å². The zero-order chi connectivity index (χ0) is 19.4. The summed E-state index contributed by atoms with van der Waals surface area (Å²) in [6.07, 6.45) is 0.202. The van der Waals surface area contributed by atoms with Gasteiger partial charge in [0, 0.05) is 18.5 Å². The second-order valence-corrected chi connectivity index (χ2v) is 8.14. The highest BCUT2D eigenvalue weighted by Crippen LogP contribution is 2.18. The van der Waals surface area contributed by atoms with Crippen LogP contribution >= 0.6 is 0 Å². The summed E-state index contributed by atoms with van der Waals surface area (Å²) in [5.41, 5.74) is -0.833.